The summed E-state index contributed by atoms with van der Waals surface area (Å²) in [5, 5.41) is 22.9. The van der Waals surface area contributed by atoms with Crippen molar-refractivity contribution < 1.29 is 9.72 Å². The first kappa shape index (κ1) is 17.2. The van der Waals surface area contributed by atoms with Crippen LogP contribution in [0, 0.1) is 21.4 Å². The predicted molar refractivity (Wildman–Crippen MR) is 97.5 cm³/mol. The van der Waals surface area contributed by atoms with E-state index >= 15 is 0 Å². The Balaban J connectivity index is 1.88. The van der Waals surface area contributed by atoms with Crippen LogP contribution in [0.1, 0.15) is 12.5 Å². The molecule has 7 nitrogen and oxygen atoms in total. The molecule has 1 amide bonds. The number of nitro benzene ring substituents is 1. The Morgan fingerprint density at radius 1 is 1.31 bits per heavy atom. The molecule has 1 N–H and O–H groups in total. The molecule has 0 saturated carbocycles. The number of hydrogen-bond acceptors (Lipinski definition) is 5. The van der Waals surface area contributed by atoms with E-state index in [9.17, 15) is 20.2 Å². The van der Waals surface area contributed by atoms with Crippen LogP contribution in [0.3, 0.4) is 0 Å². The minimum absolute atomic E-state index is 0.0542. The third kappa shape index (κ3) is 3.26. The maximum atomic E-state index is 12.5. The van der Waals surface area contributed by atoms with Crippen molar-refractivity contribution in [2.75, 3.05) is 10.2 Å². The Morgan fingerprint density at radius 2 is 2.00 bits per heavy atom. The van der Waals surface area contributed by atoms with Gasteiger partial charge in [0.15, 0.2) is 0 Å². The highest BCUT2D eigenvalue weighted by Crippen LogP contribution is 2.32. The van der Waals surface area contributed by atoms with Crippen LogP contribution in [0.4, 0.5) is 17.1 Å². The first-order valence-corrected chi connectivity index (χ1v) is 8.04. The summed E-state index contributed by atoms with van der Waals surface area (Å²) in [6.07, 6.45) is 2.32. The molecule has 2 aromatic carbocycles. The van der Waals surface area contributed by atoms with Gasteiger partial charge >= 0.3 is 0 Å². The van der Waals surface area contributed by atoms with Crippen molar-refractivity contribution in [1.82, 2.24) is 0 Å². The lowest BCUT2D eigenvalue weighted by atomic mass is 10.1. The van der Waals surface area contributed by atoms with Crippen LogP contribution in [0.5, 0.6) is 0 Å². The van der Waals surface area contributed by atoms with Gasteiger partial charge in [-0.25, -0.2) is 0 Å². The van der Waals surface area contributed by atoms with Crippen molar-refractivity contribution >= 4 is 23.0 Å². The summed E-state index contributed by atoms with van der Waals surface area (Å²) in [6.45, 7) is 2.01. The number of hydrogen-bond donors (Lipinski definition) is 1. The van der Waals surface area contributed by atoms with Crippen molar-refractivity contribution in [3.8, 4) is 6.07 Å². The number of benzene rings is 2. The molecule has 1 unspecified atom stereocenters. The highest BCUT2D eigenvalue weighted by atomic mass is 16.6. The van der Waals surface area contributed by atoms with Crippen molar-refractivity contribution in [2.24, 2.45) is 0 Å². The summed E-state index contributed by atoms with van der Waals surface area (Å²) in [6, 6.07) is 15.6. The fraction of sp³-hybridized carbons (Fsp3) is 0.158. The van der Waals surface area contributed by atoms with Crippen molar-refractivity contribution in [1.29, 1.82) is 5.26 Å². The van der Waals surface area contributed by atoms with Crippen molar-refractivity contribution in [2.45, 2.75) is 19.4 Å². The molecule has 26 heavy (non-hydrogen) atoms. The molecule has 1 heterocycles. The van der Waals surface area contributed by atoms with Crippen LogP contribution >= 0.6 is 0 Å². The maximum Gasteiger partial charge on any atom is 0.292 e. The minimum Gasteiger partial charge on any atom is -0.343 e. The molecule has 0 bridgehead atoms. The number of rotatable bonds is 4. The van der Waals surface area contributed by atoms with Gasteiger partial charge in [0.1, 0.15) is 17.3 Å². The molecule has 0 aromatic heterocycles. The lowest BCUT2D eigenvalue weighted by Crippen LogP contribution is -2.26. The second kappa shape index (κ2) is 7.07. The predicted octanol–water partition coefficient (Wildman–Crippen LogP) is 3.39. The molecule has 3 rings (SSSR count). The van der Waals surface area contributed by atoms with Crippen molar-refractivity contribution in [3.05, 3.63) is 76.0 Å². The van der Waals surface area contributed by atoms with Gasteiger partial charge in [-0.1, -0.05) is 30.3 Å². The number of amides is 1. The summed E-state index contributed by atoms with van der Waals surface area (Å²) in [5.41, 5.74) is 1.81. The zero-order valence-corrected chi connectivity index (χ0v) is 14.0. The molecule has 0 saturated heterocycles. The van der Waals surface area contributed by atoms with Crippen LogP contribution in [-0.2, 0) is 11.2 Å². The van der Waals surface area contributed by atoms with Gasteiger partial charge in [-0.05, 0) is 31.0 Å². The number of nitro groups is 1. The van der Waals surface area contributed by atoms with Gasteiger partial charge < -0.3 is 10.2 Å². The lowest BCUT2D eigenvalue weighted by Gasteiger charge is -2.20. The average molecular weight is 348 g/mol. The zero-order valence-electron chi connectivity index (χ0n) is 14.0. The SMILES string of the molecule is CC1Cc2ccccc2N1/C=C(/C#N)C(=O)Nc1ccccc1[N+](=O)[O-]. The highest BCUT2D eigenvalue weighted by Gasteiger charge is 2.26. The molecule has 1 aliphatic heterocycles. The van der Waals surface area contributed by atoms with Gasteiger partial charge in [0.2, 0.25) is 0 Å². The van der Waals surface area contributed by atoms with E-state index in [2.05, 4.69) is 5.32 Å². The molecule has 0 radical (unpaired) electrons. The average Bonchev–Trinajstić information content (AvgIpc) is 2.95. The van der Waals surface area contributed by atoms with Gasteiger partial charge in [-0.15, -0.1) is 0 Å². The van der Waals surface area contributed by atoms with Gasteiger partial charge in [-0.3, -0.25) is 14.9 Å². The second-order valence-electron chi connectivity index (χ2n) is 5.97. The van der Waals surface area contributed by atoms with E-state index in [1.165, 1.54) is 24.4 Å². The summed E-state index contributed by atoms with van der Waals surface area (Å²) in [4.78, 5) is 24.8. The summed E-state index contributed by atoms with van der Waals surface area (Å²) >= 11 is 0. The second-order valence-corrected chi connectivity index (χ2v) is 5.97. The Bertz CT molecular complexity index is 946. The van der Waals surface area contributed by atoms with E-state index < -0.39 is 10.8 Å². The number of para-hydroxylation sites is 3. The number of carbonyl (C=O) groups excluding carboxylic acids is 1. The van der Waals surface area contributed by atoms with E-state index in [0.29, 0.717) is 0 Å². The molecule has 7 heteroatoms. The van der Waals surface area contributed by atoms with Crippen LogP contribution in [0.15, 0.2) is 60.3 Å². The Morgan fingerprint density at radius 3 is 2.73 bits per heavy atom. The number of anilines is 2. The standard InChI is InChI=1S/C19H16N4O3/c1-13-10-14-6-2-4-8-17(14)22(13)12-15(11-20)19(24)21-16-7-3-5-9-18(16)23(25)26/h2-9,12-13H,10H2,1H3,(H,21,24)/b15-12-. The van der Waals surface area contributed by atoms with Crippen LogP contribution in [0.2, 0.25) is 0 Å². The Labute approximate surface area is 150 Å². The summed E-state index contributed by atoms with van der Waals surface area (Å²) < 4.78 is 0. The number of nitrogens with one attached hydrogen (secondary N) is 1. The molecule has 1 aliphatic rings. The van der Waals surface area contributed by atoms with Gasteiger partial charge in [0.25, 0.3) is 11.6 Å². The van der Waals surface area contributed by atoms with E-state index in [-0.39, 0.29) is 23.0 Å². The number of carbonyl (C=O) groups is 1. The fourth-order valence-corrected chi connectivity index (χ4v) is 2.99. The zero-order chi connectivity index (χ0) is 18.7. The smallest absolute Gasteiger partial charge is 0.292 e. The molecule has 130 valence electrons. The molecule has 0 spiro atoms. The van der Waals surface area contributed by atoms with Gasteiger partial charge in [0, 0.05) is 24.0 Å². The molecule has 0 fully saturated rings. The molecular weight excluding hydrogens is 332 g/mol. The topological polar surface area (TPSA) is 99.3 Å². The Kier molecular flexibility index (Phi) is 4.67. The van der Waals surface area contributed by atoms with Crippen LogP contribution < -0.4 is 10.2 Å². The van der Waals surface area contributed by atoms with E-state index in [1.54, 1.807) is 6.07 Å². The highest BCUT2D eigenvalue weighted by molar-refractivity contribution is 6.07. The Hall–Kier alpha value is -3.66. The van der Waals surface area contributed by atoms with Gasteiger partial charge in [0.05, 0.1) is 4.92 Å². The molecular formula is C19H16N4O3. The summed E-state index contributed by atoms with van der Waals surface area (Å²) in [7, 11) is 0. The lowest BCUT2D eigenvalue weighted by molar-refractivity contribution is -0.383. The third-order valence-corrected chi connectivity index (χ3v) is 4.24. The number of nitrogens with zero attached hydrogens (tertiary/aromatic N) is 3. The quantitative estimate of drug-likeness (QED) is 0.395. The van der Waals surface area contributed by atoms with Crippen molar-refractivity contribution in [3.63, 3.8) is 0 Å². The monoisotopic (exact) mass is 348 g/mol. The first-order chi connectivity index (χ1) is 12.5. The molecule has 1 atom stereocenters. The summed E-state index contributed by atoms with van der Waals surface area (Å²) in [5.74, 6) is -0.682. The fourth-order valence-electron chi connectivity index (χ4n) is 2.99. The largest absolute Gasteiger partial charge is 0.343 e. The maximum absolute atomic E-state index is 12.5. The molecule has 0 aliphatic carbocycles. The van der Waals surface area contributed by atoms with E-state index in [0.717, 1.165) is 17.7 Å². The minimum atomic E-state index is -0.682. The van der Waals surface area contributed by atoms with E-state index in [1.807, 2.05) is 42.2 Å². The normalized spacial score (nSPS) is 15.9. The number of fused-ring (bicyclic) bond motifs is 1. The number of nitriles is 1. The van der Waals surface area contributed by atoms with E-state index in [4.69, 9.17) is 0 Å². The third-order valence-electron chi connectivity index (χ3n) is 4.24. The van der Waals surface area contributed by atoms with Crippen LogP contribution in [-0.4, -0.2) is 16.9 Å². The van der Waals surface area contributed by atoms with Crippen LogP contribution in [0.25, 0.3) is 0 Å². The molecule has 2 aromatic rings. The van der Waals surface area contributed by atoms with Gasteiger partial charge in [-0.2, -0.15) is 5.26 Å². The first-order valence-electron chi connectivity index (χ1n) is 8.04.